The van der Waals surface area contributed by atoms with Crippen LogP contribution in [0.5, 0.6) is 11.6 Å². The Labute approximate surface area is 240 Å². The summed E-state index contributed by atoms with van der Waals surface area (Å²) >= 11 is 0. The summed E-state index contributed by atoms with van der Waals surface area (Å²) < 4.78 is 8.63. The van der Waals surface area contributed by atoms with E-state index in [1.54, 1.807) is 0 Å². The van der Waals surface area contributed by atoms with Crippen LogP contribution in [0.15, 0.2) is 103 Å². The minimum absolute atomic E-state index is 0.189. The molecule has 0 spiro atoms. The summed E-state index contributed by atoms with van der Waals surface area (Å²) in [6, 6.07) is 31.6. The first-order chi connectivity index (χ1) is 19.8. The molecule has 6 heteroatoms. The molecule has 0 saturated carbocycles. The Hall–Kier alpha value is -4.84. The van der Waals surface area contributed by atoms with Gasteiger partial charge >= 0.3 is 0 Å². The molecule has 6 aromatic rings. The molecule has 4 heterocycles. The lowest BCUT2D eigenvalue weighted by Crippen LogP contribution is -2.23. The first-order valence-corrected chi connectivity index (χ1v) is 14.0. The van der Waals surface area contributed by atoms with Crippen LogP contribution >= 0.6 is 0 Å². The third kappa shape index (κ3) is 4.65. The van der Waals surface area contributed by atoms with Crippen LogP contribution in [0, 0.1) is 5.41 Å². The van der Waals surface area contributed by atoms with Crippen molar-refractivity contribution < 1.29 is 4.74 Å². The third-order valence-electron chi connectivity index (χ3n) is 7.61. The Morgan fingerprint density at radius 3 is 2.37 bits per heavy atom. The standard InChI is InChI=1S/C35H33N5O/c1-35(2,3)22-24-15-17-36-33(19-24)40-29-10-6-5-9-27(29)28-14-13-26(21-32(28)40)41-34-20-25(16-18-37-34)39-23-38(4)30-11-7-8-12-31(30)39/h5-21H,22-23H2,1-4H3. The lowest BCUT2D eigenvalue weighted by molar-refractivity contribution is 0.411. The van der Waals surface area contributed by atoms with E-state index in [-0.39, 0.29) is 5.41 Å². The van der Waals surface area contributed by atoms with Gasteiger partial charge in [-0.3, -0.25) is 4.57 Å². The molecule has 0 aliphatic carbocycles. The van der Waals surface area contributed by atoms with E-state index >= 15 is 0 Å². The number of aromatic nitrogens is 3. The Morgan fingerprint density at radius 1 is 0.756 bits per heavy atom. The molecule has 0 atom stereocenters. The number of nitrogens with zero attached hydrogens (tertiary/aromatic N) is 5. The summed E-state index contributed by atoms with van der Waals surface area (Å²) in [6.45, 7) is 7.57. The molecule has 0 bridgehead atoms. The van der Waals surface area contributed by atoms with Crippen LogP contribution in [0.4, 0.5) is 17.1 Å². The zero-order valence-corrected chi connectivity index (χ0v) is 23.9. The van der Waals surface area contributed by atoms with Crippen molar-refractivity contribution in [3.63, 3.8) is 0 Å². The number of rotatable bonds is 5. The highest BCUT2D eigenvalue weighted by Crippen LogP contribution is 2.41. The highest BCUT2D eigenvalue weighted by atomic mass is 16.5. The molecule has 0 saturated heterocycles. The Bertz CT molecular complexity index is 1900. The molecule has 3 aromatic heterocycles. The minimum atomic E-state index is 0.189. The van der Waals surface area contributed by atoms with E-state index in [2.05, 4.69) is 120 Å². The van der Waals surface area contributed by atoms with Gasteiger partial charge in [0, 0.05) is 48.0 Å². The van der Waals surface area contributed by atoms with Crippen LogP contribution < -0.4 is 14.5 Å². The average molecular weight is 540 g/mol. The van der Waals surface area contributed by atoms with Crippen LogP contribution in [0.3, 0.4) is 0 Å². The number of hydrogen-bond acceptors (Lipinski definition) is 5. The van der Waals surface area contributed by atoms with Gasteiger partial charge in [-0.2, -0.15) is 0 Å². The molecule has 3 aromatic carbocycles. The predicted molar refractivity (Wildman–Crippen MR) is 168 cm³/mol. The number of ether oxygens (including phenoxy) is 1. The van der Waals surface area contributed by atoms with E-state index in [1.807, 2.05) is 30.6 Å². The third-order valence-corrected chi connectivity index (χ3v) is 7.61. The van der Waals surface area contributed by atoms with Crippen molar-refractivity contribution in [3.8, 4) is 17.4 Å². The molecule has 0 radical (unpaired) electrons. The Morgan fingerprint density at radius 2 is 1.51 bits per heavy atom. The number of fused-ring (bicyclic) bond motifs is 4. The van der Waals surface area contributed by atoms with Crippen LogP contribution in [0.1, 0.15) is 26.3 Å². The van der Waals surface area contributed by atoms with Gasteiger partial charge in [-0.1, -0.05) is 51.1 Å². The van der Waals surface area contributed by atoms with Gasteiger partial charge in [0.1, 0.15) is 11.6 Å². The Balaban J connectivity index is 1.28. The fraction of sp³-hybridized carbons (Fsp3) is 0.200. The van der Waals surface area contributed by atoms with Gasteiger partial charge in [-0.25, -0.2) is 9.97 Å². The van der Waals surface area contributed by atoms with E-state index < -0.39 is 0 Å². The van der Waals surface area contributed by atoms with Crippen molar-refractivity contribution in [3.05, 3.63) is 109 Å². The van der Waals surface area contributed by atoms with Crippen LogP contribution in [0.2, 0.25) is 0 Å². The molecular formula is C35H33N5O. The van der Waals surface area contributed by atoms with Crippen molar-refractivity contribution in [2.45, 2.75) is 27.2 Å². The molecule has 0 unspecified atom stereocenters. The second-order valence-electron chi connectivity index (χ2n) is 12.0. The van der Waals surface area contributed by atoms with E-state index in [1.165, 1.54) is 22.3 Å². The van der Waals surface area contributed by atoms with Crippen molar-refractivity contribution in [1.29, 1.82) is 0 Å². The molecule has 41 heavy (non-hydrogen) atoms. The molecule has 0 N–H and O–H groups in total. The fourth-order valence-corrected chi connectivity index (χ4v) is 5.91. The van der Waals surface area contributed by atoms with Gasteiger partial charge in [-0.15, -0.1) is 0 Å². The fourth-order valence-electron chi connectivity index (χ4n) is 5.91. The number of pyridine rings is 2. The molecule has 1 aliphatic heterocycles. The summed E-state index contributed by atoms with van der Waals surface area (Å²) in [5.41, 5.74) is 7.07. The van der Waals surface area contributed by atoms with Crippen LogP contribution in [-0.2, 0) is 6.42 Å². The number of hydrogen-bond donors (Lipinski definition) is 0. The van der Waals surface area contributed by atoms with Gasteiger partial charge in [0.05, 0.1) is 29.1 Å². The second-order valence-corrected chi connectivity index (χ2v) is 12.0. The first-order valence-electron chi connectivity index (χ1n) is 14.0. The molecule has 204 valence electrons. The van der Waals surface area contributed by atoms with Crippen molar-refractivity contribution in [2.24, 2.45) is 5.41 Å². The topological polar surface area (TPSA) is 46.4 Å². The quantitative estimate of drug-likeness (QED) is 0.220. The molecule has 0 amide bonds. The van der Waals surface area contributed by atoms with Crippen molar-refractivity contribution in [1.82, 2.24) is 14.5 Å². The number of para-hydroxylation sites is 3. The van der Waals surface area contributed by atoms with Crippen LogP contribution in [-0.4, -0.2) is 28.3 Å². The number of benzene rings is 3. The van der Waals surface area contributed by atoms with E-state index in [4.69, 9.17) is 9.72 Å². The summed E-state index contributed by atoms with van der Waals surface area (Å²) in [4.78, 5) is 13.9. The summed E-state index contributed by atoms with van der Waals surface area (Å²) in [6.07, 6.45) is 4.71. The lowest BCUT2D eigenvalue weighted by atomic mass is 9.88. The van der Waals surface area contributed by atoms with E-state index in [0.29, 0.717) is 5.88 Å². The average Bonchev–Trinajstić information content (AvgIpc) is 3.47. The summed E-state index contributed by atoms with van der Waals surface area (Å²) in [7, 11) is 2.11. The van der Waals surface area contributed by atoms with E-state index in [0.717, 1.165) is 46.8 Å². The maximum absolute atomic E-state index is 6.39. The summed E-state index contributed by atoms with van der Waals surface area (Å²) in [5.74, 6) is 2.20. The monoisotopic (exact) mass is 539 g/mol. The molecule has 1 aliphatic rings. The predicted octanol–water partition coefficient (Wildman–Crippen LogP) is 8.50. The number of anilines is 3. The van der Waals surface area contributed by atoms with Crippen molar-refractivity contribution >= 4 is 38.9 Å². The van der Waals surface area contributed by atoms with Crippen molar-refractivity contribution in [2.75, 3.05) is 23.5 Å². The van der Waals surface area contributed by atoms with Gasteiger partial charge in [0.15, 0.2) is 0 Å². The Kier molecular flexibility index (Phi) is 5.93. The highest BCUT2D eigenvalue weighted by molar-refractivity contribution is 6.09. The molecule has 7 rings (SSSR count). The zero-order valence-electron chi connectivity index (χ0n) is 23.9. The van der Waals surface area contributed by atoms with Gasteiger partial charge in [0.2, 0.25) is 5.88 Å². The van der Waals surface area contributed by atoms with Gasteiger partial charge < -0.3 is 14.5 Å². The van der Waals surface area contributed by atoms with Gasteiger partial charge in [-0.05, 0) is 65.9 Å². The SMILES string of the molecule is CN1CN(c2ccnc(Oc3ccc4c5ccccc5n(-c5cc(CC(C)(C)C)ccn5)c4c3)c2)c2ccccc21. The molecule has 6 nitrogen and oxygen atoms in total. The molecular weight excluding hydrogens is 506 g/mol. The first kappa shape index (κ1) is 25.1. The summed E-state index contributed by atoms with van der Waals surface area (Å²) in [5, 5.41) is 2.35. The minimum Gasteiger partial charge on any atom is -0.439 e. The zero-order chi connectivity index (χ0) is 28.1. The normalized spacial score (nSPS) is 13.3. The second kappa shape index (κ2) is 9.66. The molecule has 0 fully saturated rings. The largest absolute Gasteiger partial charge is 0.439 e. The van der Waals surface area contributed by atoms with Crippen LogP contribution in [0.25, 0.3) is 27.6 Å². The maximum atomic E-state index is 6.39. The maximum Gasteiger partial charge on any atom is 0.221 e. The van der Waals surface area contributed by atoms with E-state index in [9.17, 15) is 0 Å². The van der Waals surface area contributed by atoms with Gasteiger partial charge in [0.25, 0.3) is 0 Å². The lowest BCUT2D eigenvalue weighted by Gasteiger charge is -2.20. The highest BCUT2D eigenvalue weighted by Gasteiger charge is 2.24. The smallest absolute Gasteiger partial charge is 0.221 e.